The third-order valence-electron chi connectivity index (χ3n) is 3.60. The van der Waals surface area contributed by atoms with Crippen LogP contribution in [0.1, 0.15) is 10.4 Å². The average Bonchev–Trinajstić information content (AvgIpc) is 2.97. The standard InChI is InChI=1S/C18H21Cl2N5O3S/c1-25(2)4-3-23-15(26)9-28-12-6-10(13-8-14(19)29-16(13)20)5-11(7-12)17(27)24-18(21)22/h5-8H,3-4,9H2,1-2H3,(H,23,26)(H4,21,22,24,27). The van der Waals surface area contributed by atoms with E-state index in [9.17, 15) is 9.59 Å². The number of hydrogen-bond acceptors (Lipinski definition) is 5. The zero-order valence-electron chi connectivity index (χ0n) is 15.9. The summed E-state index contributed by atoms with van der Waals surface area (Å²) < 4.78 is 6.52. The molecule has 0 unspecified atom stereocenters. The van der Waals surface area contributed by atoms with Crippen molar-refractivity contribution in [3.05, 3.63) is 38.5 Å². The van der Waals surface area contributed by atoms with Gasteiger partial charge in [-0.1, -0.05) is 23.2 Å². The summed E-state index contributed by atoms with van der Waals surface area (Å²) in [6, 6.07) is 6.36. The first-order chi connectivity index (χ1) is 13.7. The first-order valence-electron chi connectivity index (χ1n) is 8.44. The highest BCUT2D eigenvalue weighted by molar-refractivity contribution is 7.20. The number of amides is 2. The maximum atomic E-state index is 12.3. The van der Waals surface area contributed by atoms with Crippen LogP contribution in [0.25, 0.3) is 11.1 Å². The fourth-order valence-electron chi connectivity index (χ4n) is 2.30. The van der Waals surface area contributed by atoms with Crippen molar-refractivity contribution in [2.24, 2.45) is 16.5 Å². The van der Waals surface area contributed by atoms with Crippen molar-refractivity contribution < 1.29 is 14.3 Å². The van der Waals surface area contributed by atoms with E-state index in [0.29, 0.717) is 32.9 Å². The Morgan fingerprint density at radius 3 is 2.52 bits per heavy atom. The Morgan fingerprint density at radius 2 is 1.93 bits per heavy atom. The van der Waals surface area contributed by atoms with Gasteiger partial charge in [-0.25, -0.2) is 0 Å². The highest BCUT2D eigenvalue weighted by Gasteiger charge is 2.15. The Bertz CT molecular complexity index is 926. The zero-order chi connectivity index (χ0) is 21.6. The third-order valence-corrected chi connectivity index (χ3v) is 5.09. The molecule has 1 aromatic carbocycles. The lowest BCUT2D eigenvalue weighted by atomic mass is 10.0. The zero-order valence-corrected chi connectivity index (χ0v) is 18.2. The van der Waals surface area contributed by atoms with E-state index in [4.69, 9.17) is 39.4 Å². The molecule has 0 aliphatic carbocycles. The number of halogens is 2. The number of likely N-dealkylation sites (N-methyl/N-ethyl adjacent to an activating group) is 1. The maximum Gasteiger partial charge on any atom is 0.280 e. The first kappa shape index (κ1) is 23.0. The van der Waals surface area contributed by atoms with E-state index < -0.39 is 5.91 Å². The van der Waals surface area contributed by atoms with Crippen LogP contribution in [0.3, 0.4) is 0 Å². The molecule has 0 aliphatic heterocycles. The number of nitrogens with one attached hydrogen (secondary N) is 1. The summed E-state index contributed by atoms with van der Waals surface area (Å²) in [4.78, 5) is 29.7. The third kappa shape index (κ3) is 7.21. The minimum atomic E-state index is -0.649. The molecular weight excluding hydrogens is 437 g/mol. The van der Waals surface area contributed by atoms with Gasteiger partial charge in [0, 0.05) is 24.2 Å². The Hall–Kier alpha value is -2.33. The van der Waals surface area contributed by atoms with E-state index in [1.54, 1.807) is 18.2 Å². The molecular formula is C18H21Cl2N5O3S. The lowest BCUT2D eigenvalue weighted by Gasteiger charge is -2.12. The summed E-state index contributed by atoms with van der Waals surface area (Å²) in [7, 11) is 3.82. The summed E-state index contributed by atoms with van der Waals surface area (Å²) in [5.74, 6) is -1.01. The molecule has 0 saturated heterocycles. The number of carbonyl (C=O) groups is 2. The van der Waals surface area contributed by atoms with Crippen LogP contribution in [0, 0.1) is 0 Å². The summed E-state index contributed by atoms with van der Waals surface area (Å²) in [5, 5.41) is 2.74. The highest BCUT2D eigenvalue weighted by Crippen LogP contribution is 2.39. The molecule has 2 amide bonds. The van der Waals surface area contributed by atoms with Gasteiger partial charge in [-0.15, -0.1) is 11.3 Å². The van der Waals surface area contributed by atoms with Gasteiger partial charge in [-0.2, -0.15) is 4.99 Å². The topological polar surface area (TPSA) is 123 Å². The predicted molar refractivity (Wildman–Crippen MR) is 117 cm³/mol. The van der Waals surface area contributed by atoms with Crippen LogP contribution in [-0.4, -0.2) is 56.5 Å². The second-order valence-corrected chi connectivity index (χ2v) is 8.55. The number of thiophene rings is 1. The summed E-state index contributed by atoms with van der Waals surface area (Å²) in [6.45, 7) is 0.979. The van der Waals surface area contributed by atoms with Crippen molar-refractivity contribution in [1.29, 1.82) is 0 Å². The molecule has 0 atom stereocenters. The predicted octanol–water partition coefficient (Wildman–Crippen LogP) is 2.19. The molecule has 2 rings (SSSR count). The van der Waals surface area contributed by atoms with Gasteiger partial charge in [-0.05, 0) is 43.9 Å². The van der Waals surface area contributed by atoms with Crippen LogP contribution in [-0.2, 0) is 4.79 Å². The van der Waals surface area contributed by atoms with Gasteiger partial charge in [0.1, 0.15) is 10.1 Å². The second kappa shape index (κ2) is 10.4. The van der Waals surface area contributed by atoms with Gasteiger partial charge in [0.2, 0.25) is 0 Å². The van der Waals surface area contributed by atoms with Crippen molar-refractivity contribution >= 4 is 52.3 Å². The number of aliphatic imine (C=N–C) groups is 1. The van der Waals surface area contributed by atoms with Gasteiger partial charge in [0.05, 0.1) is 4.34 Å². The molecule has 156 valence electrons. The molecule has 0 saturated carbocycles. The van der Waals surface area contributed by atoms with E-state index in [1.165, 1.54) is 17.4 Å². The van der Waals surface area contributed by atoms with Crippen molar-refractivity contribution in [2.45, 2.75) is 0 Å². The quantitative estimate of drug-likeness (QED) is 0.412. The SMILES string of the molecule is CN(C)CCNC(=O)COc1cc(C(=O)N=C(N)N)cc(-c2cc(Cl)sc2Cl)c1. The minimum absolute atomic E-state index is 0.178. The minimum Gasteiger partial charge on any atom is -0.484 e. The number of carbonyl (C=O) groups excluding carboxylic acids is 2. The van der Waals surface area contributed by atoms with Gasteiger partial charge in [0.15, 0.2) is 12.6 Å². The van der Waals surface area contributed by atoms with E-state index in [1.807, 2.05) is 19.0 Å². The molecule has 11 heteroatoms. The van der Waals surface area contributed by atoms with Gasteiger partial charge < -0.3 is 26.4 Å². The molecule has 1 heterocycles. The molecule has 5 N–H and O–H groups in total. The number of nitrogens with two attached hydrogens (primary N) is 2. The van der Waals surface area contributed by atoms with Gasteiger partial charge >= 0.3 is 0 Å². The number of nitrogens with zero attached hydrogens (tertiary/aromatic N) is 2. The van der Waals surface area contributed by atoms with Crippen molar-refractivity contribution in [2.75, 3.05) is 33.8 Å². The summed E-state index contributed by atoms with van der Waals surface area (Å²) in [6.07, 6.45) is 0. The van der Waals surface area contributed by atoms with Crippen molar-refractivity contribution in [1.82, 2.24) is 10.2 Å². The molecule has 2 aromatic rings. The first-order valence-corrected chi connectivity index (χ1v) is 10.0. The lowest BCUT2D eigenvalue weighted by molar-refractivity contribution is -0.123. The fourth-order valence-corrected chi connectivity index (χ4v) is 3.81. The van der Waals surface area contributed by atoms with Crippen LogP contribution in [0.5, 0.6) is 5.75 Å². The number of benzene rings is 1. The Morgan fingerprint density at radius 1 is 1.21 bits per heavy atom. The largest absolute Gasteiger partial charge is 0.484 e. The van der Waals surface area contributed by atoms with E-state index in [0.717, 1.165) is 0 Å². The average molecular weight is 458 g/mol. The lowest BCUT2D eigenvalue weighted by Crippen LogP contribution is -2.34. The monoisotopic (exact) mass is 457 g/mol. The maximum absolute atomic E-state index is 12.3. The second-order valence-electron chi connectivity index (χ2n) is 6.27. The number of rotatable bonds is 8. The molecule has 0 bridgehead atoms. The van der Waals surface area contributed by atoms with Crippen molar-refractivity contribution in [3.63, 3.8) is 0 Å². The molecule has 0 spiro atoms. The van der Waals surface area contributed by atoms with Crippen LogP contribution in [0.2, 0.25) is 8.67 Å². The Balaban J connectivity index is 2.25. The molecule has 29 heavy (non-hydrogen) atoms. The highest BCUT2D eigenvalue weighted by atomic mass is 35.5. The van der Waals surface area contributed by atoms with E-state index >= 15 is 0 Å². The number of guanidine groups is 1. The molecule has 1 aromatic heterocycles. The van der Waals surface area contributed by atoms with Crippen LogP contribution < -0.4 is 21.5 Å². The summed E-state index contributed by atoms with van der Waals surface area (Å²) in [5.41, 5.74) is 12.0. The molecule has 0 aliphatic rings. The van der Waals surface area contributed by atoms with Crippen LogP contribution in [0.4, 0.5) is 0 Å². The van der Waals surface area contributed by atoms with E-state index in [2.05, 4.69) is 10.3 Å². The molecule has 8 nitrogen and oxygen atoms in total. The fraction of sp³-hybridized carbons (Fsp3) is 0.278. The van der Waals surface area contributed by atoms with Crippen molar-refractivity contribution in [3.8, 4) is 16.9 Å². The number of hydrogen-bond donors (Lipinski definition) is 3. The summed E-state index contributed by atoms with van der Waals surface area (Å²) >= 11 is 13.4. The van der Waals surface area contributed by atoms with Gasteiger partial charge in [0.25, 0.3) is 11.8 Å². The van der Waals surface area contributed by atoms with Crippen LogP contribution >= 0.6 is 34.5 Å². The molecule has 0 fully saturated rings. The van der Waals surface area contributed by atoms with Crippen LogP contribution in [0.15, 0.2) is 29.3 Å². The Labute approximate surface area is 182 Å². The molecule has 0 radical (unpaired) electrons. The smallest absolute Gasteiger partial charge is 0.280 e. The Kier molecular flexibility index (Phi) is 8.27. The van der Waals surface area contributed by atoms with Gasteiger partial charge in [-0.3, -0.25) is 9.59 Å². The normalized spacial score (nSPS) is 10.7. The number of ether oxygens (including phenoxy) is 1. The van der Waals surface area contributed by atoms with E-state index in [-0.39, 0.29) is 29.8 Å².